The van der Waals surface area contributed by atoms with Gasteiger partial charge in [-0.3, -0.25) is 0 Å². The molecular formula is C12H12O4S. The zero-order valence-corrected chi connectivity index (χ0v) is 10.3. The van der Waals surface area contributed by atoms with Crippen molar-refractivity contribution in [3.63, 3.8) is 0 Å². The molecule has 0 saturated heterocycles. The number of fused-ring (bicyclic) bond motifs is 1. The first-order valence-corrected chi connectivity index (χ1v) is 6.77. The van der Waals surface area contributed by atoms with E-state index in [1.54, 1.807) is 25.3 Å². The lowest BCUT2D eigenvalue weighted by Gasteiger charge is -2.06. The monoisotopic (exact) mass is 252 g/mol. The van der Waals surface area contributed by atoms with Gasteiger partial charge in [0.1, 0.15) is 11.5 Å². The third-order valence-corrected chi connectivity index (χ3v) is 2.76. The zero-order chi connectivity index (χ0) is 12.5. The first-order chi connectivity index (χ1) is 7.98. The van der Waals surface area contributed by atoms with Gasteiger partial charge >= 0.3 is 10.1 Å². The fourth-order valence-electron chi connectivity index (χ4n) is 1.56. The molecule has 90 valence electrons. The molecule has 5 heteroatoms. The Balaban J connectivity index is 2.48. The average Bonchev–Trinajstić information content (AvgIpc) is 2.26. The summed E-state index contributed by atoms with van der Waals surface area (Å²) < 4.78 is 31.9. The summed E-state index contributed by atoms with van der Waals surface area (Å²) in [4.78, 5) is 0. The lowest BCUT2D eigenvalue weighted by molar-refractivity contribution is 0.415. The van der Waals surface area contributed by atoms with E-state index in [1.807, 2.05) is 18.2 Å². The van der Waals surface area contributed by atoms with Crippen molar-refractivity contribution >= 4 is 20.9 Å². The Bertz CT molecular complexity index is 647. The molecule has 0 unspecified atom stereocenters. The maximum atomic E-state index is 11.0. The van der Waals surface area contributed by atoms with E-state index in [-0.39, 0.29) is 0 Å². The summed E-state index contributed by atoms with van der Waals surface area (Å²) in [5, 5.41) is 1.86. The molecule has 0 aliphatic carbocycles. The van der Waals surface area contributed by atoms with Gasteiger partial charge in [0.2, 0.25) is 0 Å². The number of hydrogen-bond acceptors (Lipinski definition) is 4. The van der Waals surface area contributed by atoms with Crippen LogP contribution in [0.1, 0.15) is 0 Å². The molecule has 0 saturated carbocycles. The number of methoxy groups -OCH3 is 1. The van der Waals surface area contributed by atoms with Crippen molar-refractivity contribution in [3.05, 3.63) is 36.4 Å². The van der Waals surface area contributed by atoms with Gasteiger partial charge in [0.05, 0.1) is 13.4 Å². The smallest absolute Gasteiger partial charge is 0.306 e. The standard InChI is InChI=1S/C12H12O4S/c1-15-11-5-3-9-4-6-12(8-10(9)7-11)16-17(2,13)14/h3-8H,1-2H3. The van der Waals surface area contributed by atoms with Crippen LogP contribution in [0.25, 0.3) is 10.8 Å². The third-order valence-electron chi connectivity index (χ3n) is 2.27. The highest BCUT2D eigenvalue weighted by molar-refractivity contribution is 7.86. The Morgan fingerprint density at radius 2 is 1.53 bits per heavy atom. The third kappa shape index (κ3) is 2.88. The van der Waals surface area contributed by atoms with Crippen molar-refractivity contribution in [2.24, 2.45) is 0 Å². The van der Waals surface area contributed by atoms with Crippen molar-refractivity contribution in [1.82, 2.24) is 0 Å². The molecule has 4 nitrogen and oxygen atoms in total. The molecule has 0 radical (unpaired) electrons. The largest absolute Gasteiger partial charge is 0.497 e. The molecule has 2 aromatic carbocycles. The molecule has 0 aliphatic heterocycles. The van der Waals surface area contributed by atoms with Gasteiger partial charge in [-0.1, -0.05) is 12.1 Å². The van der Waals surface area contributed by atoms with Crippen molar-refractivity contribution in [3.8, 4) is 11.5 Å². The van der Waals surface area contributed by atoms with Crippen molar-refractivity contribution in [1.29, 1.82) is 0 Å². The molecule has 0 fully saturated rings. The van der Waals surface area contributed by atoms with Gasteiger partial charge in [-0.2, -0.15) is 8.42 Å². The van der Waals surface area contributed by atoms with Gasteiger partial charge in [0.15, 0.2) is 0 Å². The number of hydrogen-bond donors (Lipinski definition) is 0. The van der Waals surface area contributed by atoms with E-state index in [0.29, 0.717) is 11.5 Å². The maximum Gasteiger partial charge on any atom is 0.306 e. The first kappa shape index (κ1) is 11.7. The molecule has 0 aromatic heterocycles. The van der Waals surface area contributed by atoms with E-state index < -0.39 is 10.1 Å². The van der Waals surface area contributed by atoms with Gasteiger partial charge in [-0.05, 0) is 35.0 Å². The molecule has 2 aromatic rings. The quantitative estimate of drug-likeness (QED) is 0.786. The predicted octanol–water partition coefficient (Wildman–Crippen LogP) is 2.19. The molecule has 0 spiro atoms. The summed E-state index contributed by atoms with van der Waals surface area (Å²) in [6.07, 6.45) is 1.02. The summed E-state index contributed by atoms with van der Waals surface area (Å²) in [6, 6.07) is 10.7. The van der Waals surface area contributed by atoms with Crippen LogP contribution in [-0.4, -0.2) is 21.8 Å². The normalized spacial score (nSPS) is 11.4. The van der Waals surface area contributed by atoms with Crippen molar-refractivity contribution in [2.45, 2.75) is 0 Å². The van der Waals surface area contributed by atoms with Gasteiger partial charge < -0.3 is 8.92 Å². The molecule has 17 heavy (non-hydrogen) atoms. The Morgan fingerprint density at radius 1 is 0.941 bits per heavy atom. The van der Waals surface area contributed by atoms with Crippen LogP contribution >= 0.6 is 0 Å². The van der Waals surface area contributed by atoms with Crippen LogP contribution in [0.2, 0.25) is 0 Å². The van der Waals surface area contributed by atoms with Crippen LogP contribution in [0, 0.1) is 0 Å². The van der Waals surface area contributed by atoms with Crippen LogP contribution in [0.4, 0.5) is 0 Å². The van der Waals surface area contributed by atoms with Gasteiger partial charge in [0, 0.05) is 0 Å². The maximum absolute atomic E-state index is 11.0. The molecule has 0 bridgehead atoms. The minimum Gasteiger partial charge on any atom is -0.497 e. The summed E-state index contributed by atoms with van der Waals surface area (Å²) in [7, 11) is -1.91. The highest BCUT2D eigenvalue weighted by Crippen LogP contribution is 2.25. The average molecular weight is 252 g/mol. The highest BCUT2D eigenvalue weighted by atomic mass is 32.2. The second-order valence-corrected chi connectivity index (χ2v) is 5.24. The lowest BCUT2D eigenvalue weighted by atomic mass is 10.1. The van der Waals surface area contributed by atoms with E-state index in [1.165, 1.54) is 0 Å². The van der Waals surface area contributed by atoms with Crippen LogP contribution in [-0.2, 0) is 10.1 Å². The van der Waals surface area contributed by atoms with E-state index in [4.69, 9.17) is 8.92 Å². The van der Waals surface area contributed by atoms with Gasteiger partial charge in [-0.15, -0.1) is 0 Å². The van der Waals surface area contributed by atoms with E-state index in [9.17, 15) is 8.42 Å². The fraction of sp³-hybridized carbons (Fsp3) is 0.167. The molecule has 0 atom stereocenters. The Morgan fingerprint density at radius 3 is 2.12 bits per heavy atom. The molecule has 0 aliphatic rings. The first-order valence-electron chi connectivity index (χ1n) is 4.95. The highest BCUT2D eigenvalue weighted by Gasteiger charge is 2.05. The Hall–Kier alpha value is -1.75. The topological polar surface area (TPSA) is 52.6 Å². The minimum absolute atomic E-state index is 0.299. The minimum atomic E-state index is -3.49. The Kier molecular flexibility index (Phi) is 2.93. The summed E-state index contributed by atoms with van der Waals surface area (Å²) in [5.74, 6) is 1.02. The number of ether oxygens (including phenoxy) is 1. The SMILES string of the molecule is COc1ccc2ccc(OS(C)(=O)=O)cc2c1. The second-order valence-electron chi connectivity index (χ2n) is 3.66. The van der Waals surface area contributed by atoms with E-state index in [0.717, 1.165) is 17.0 Å². The van der Waals surface area contributed by atoms with Crippen LogP contribution in [0.3, 0.4) is 0 Å². The lowest BCUT2D eigenvalue weighted by Crippen LogP contribution is -2.05. The predicted molar refractivity (Wildman–Crippen MR) is 66.0 cm³/mol. The fourth-order valence-corrected chi connectivity index (χ4v) is 2.01. The van der Waals surface area contributed by atoms with Crippen LogP contribution in [0.5, 0.6) is 11.5 Å². The molecular weight excluding hydrogens is 240 g/mol. The summed E-state index contributed by atoms with van der Waals surface area (Å²) >= 11 is 0. The van der Waals surface area contributed by atoms with Gasteiger partial charge in [-0.25, -0.2) is 0 Å². The Labute approximate surface area is 99.9 Å². The molecule has 0 N–H and O–H groups in total. The van der Waals surface area contributed by atoms with Crippen molar-refractivity contribution < 1.29 is 17.3 Å². The van der Waals surface area contributed by atoms with Crippen molar-refractivity contribution in [2.75, 3.05) is 13.4 Å². The molecule has 0 amide bonds. The molecule has 2 rings (SSSR count). The number of benzene rings is 2. The molecule has 0 heterocycles. The van der Waals surface area contributed by atoms with Gasteiger partial charge in [0.25, 0.3) is 0 Å². The zero-order valence-electron chi connectivity index (χ0n) is 9.51. The summed E-state index contributed by atoms with van der Waals surface area (Å²) in [5.41, 5.74) is 0. The van der Waals surface area contributed by atoms with E-state index >= 15 is 0 Å². The second kappa shape index (κ2) is 4.25. The van der Waals surface area contributed by atoms with Crippen LogP contribution < -0.4 is 8.92 Å². The van der Waals surface area contributed by atoms with E-state index in [2.05, 4.69) is 0 Å². The summed E-state index contributed by atoms with van der Waals surface area (Å²) in [6.45, 7) is 0. The number of rotatable bonds is 3. The van der Waals surface area contributed by atoms with Crippen LogP contribution in [0.15, 0.2) is 36.4 Å².